The zero-order valence-electron chi connectivity index (χ0n) is 10.3. The van der Waals surface area contributed by atoms with E-state index in [9.17, 15) is 4.79 Å². The Morgan fingerprint density at radius 3 is 2.89 bits per heavy atom. The Balaban J connectivity index is 2.12. The third-order valence-electron chi connectivity index (χ3n) is 2.77. The molecule has 19 heavy (non-hydrogen) atoms. The third kappa shape index (κ3) is 2.91. The van der Waals surface area contributed by atoms with E-state index in [1.54, 1.807) is 12.1 Å². The number of rotatable bonds is 4. The predicted molar refractivity (Wildman–Crippen MR) is 69.9 cm³/mol. The minimum atomic E-state index is -0.128. The van der Waals surface area contributed by atoms with Crippen molar-refractivity contribution >= 4 is 16.8 Å². The SMILES string of the molecule is N#CCCNC(=O)Cn1ccc2cc(C#N)ccc21. The van der Waals surface area contributed by atoms with Crippen molar-refractivity contribution in [2.45, 2.75) is 13.0 Å². The molecule has 0 unspecified atom stereocenters. The third-order valence-corrected chi connectivity index (χ3v) is 2.77. The number of nitriles is 2. The first-order chi connectivity index (χ1) is 9.24. The van der Waals surface area contributed by atoms with Gasteiger partial charge in [0, 0.05) is 23.6 Å². The van der Waals surface area contributed by atoms with Gasteiger partial charge in [0.05, 0.1) is 24.1 Å². The highest BCUT2D eigenvalue weighted by atomic mass is 16.1. The van der Waals surface area contributed by atoms with E-state index in [1.165, 1.54) is 0 Å². The van der Waals surface area contributed by atoms with Crippen LogP contribution < -0.4 is 5.32 Å². The fraction of sp³-hybridized carbons (Fsp3) is 0.214. The Kier molecular flexibility index (Phi) is 3.80. The average molecular weight is 252 g/mol. The number of amides is 1. The maximum absolute atomic E-state index is 11.7. The molecule has 0 aliphatic heterocycles. The molecule has 0 spiro atoms. The van der Waals surface area contributed by atoms with Crippen molar-refractivity contribution < 1.29 is 4.79 Å². The molecule has 0 bridgehead atoms. The molecule has 94 valence electrons. The minimum absolute atomic E-state index is 0.128. The summed E-state index contributed by atoms with van der Waals surface area (Å²) >= 11 is 0. The fourth-order valence-electron chi connectivity index (χ4n) is 1.88. The van der Waals surface area contributed by atoms with Crippen LogP contribution in [0.15, 0.2) is 30.5 Å². The van der Waals surface area contributed by atoms with Crippen molar-refractivity contribution in [3.8, 4) is 12.1 Å². The van der Waals surface area contributed by atoms with Crippen LogP contribution in [0.25, 0.3) is 10.9 Å². The van der Waals surface area contributed by atoms with E-state index in [-0.39, 0.29) is 12.5 Å². The molecular weight excluding hydrogens is 240 g/mol. The summed E-state index contributed by atoms with van der Waals surface area (Å²) in [6.07, 6.45) is 2.12. The van der Waals surface area contributed by atoms with E-state index in [4.69, 9.17) is 10.5 Å². The van der Waals surface area contributed by atoms with Gasteiger partial charge < -0.3 is 9.88 Å². The summed E-state index contributed by atoms with van der Waals surface area (Å²) in [5, 5.41) is 20.8. The second kappa shape index (κ2) is 5.70. The van der Waals surface area contributed by atoms with Crippen LogP contribution in [0.5, 0.6) is 0 Å². The molecule has 1 N–H and O–H groups in total. The Morgan fingerprint density at radius 1 is 1.32 bits per heavy atom. The Hall–Kier alpha value is -2.79. The lowest BCUT2D eigenvalue weighted by Gasteiger charge is -2.06. The first-order valence-electron chi connectivity index (χ1n) is 5.87. The van der Waals surface area contributed by atoms with Gasteiger partial charge in [-0.05, 0) is 24.3 Å². The van der Waals surface area contributed by atoms with Crippen LogP contribution in [-0.2, 0) is 11.3 Å². The Bertz CT molecular complexity index is 688. The Morgan fingerprint density at radius 2 is 2.16 bits per heavy atom. The van der Waals surface area contributed by atoms with Gasteiger partial charge in [0.2, 0.25) is 5.91 Å². The molecule has 5 nitrogen and oxygen atoms in total. The van der Waals surface area contributed by atoms with Gasteiger partial charge in [-0.3, -0.25) is 4.79 Å². The van der Waals surface area contributed by atoms with E-state index in [2.05, 4.69) is 11.4 Å². The first kappa shape index (κ1) is 12.7. The number of nitrogens with one attached hydrogen (secondary N) is 1. The number of nitrogens with zero attached hydrogens (tertiary/aromatic N) is 3. The lowest BCUT2D eigenvalue weighted by Crippen LogP contribution is -2.27. The number of benzene rings is 1. The van der Waals surface area contributed by atoms with Crippen molar-refractivity contribution in [1.29, 1.82) is 10.5 Å². The van der Waals surface area contributed by atoms with Gasteiger partial charge in [-0.1, -0.05) is 0 Å². The molecule has 0 radical (unpaired) electrons. The van der Waals surface area contributed by atoms with Gasteiger partial charge in [0.1, 0.15) is 6.54 Å². The molecule has 0 aliphatic rings. The van der Waals surface area contributed by atoms with Gasteiger partial charge in [0.25, 0.3) is 0 Å². The zero-order valence-corrected chi connectivity index (χ0v) is 10.3. The maximum Gasteiger partial charge on any atom is 0.239 e. The lowest BCUT2D eigenvalue weighted by atomic mass is 10.2. The molecule has 1 amide bonds. The summed E-state index contributed by atoms with van der Waals surface area (Å²) in [5.41, 5.74) is 1.51. The van der Waals surface area contributed by atoms with Crippen LogP contribution >= 0.6 is 0 Å². The second-order valence-electron chi connectivity index (χ2n) is 4.09. The van der Waals surface area contributed by atoms with Crippen LogP contribution in [0.2, 0.25) is 0 Å². The van der Waals surface area contributed by atoms with Crippen LogP contribution in [0.4, 0.5) is 0 Å². The topological polar surface area (TPSA) is 81.6 Å². The molecule has 0 aliphatic carbocycles. The van der Waals surface area contributed by atoms with E-state index >= 15 is 0 Å². The van der Waals surface area contributed by atoms with E-state index < -0.39 is 0 Å². The number of hydrogen-bond donors (Lipinski definition) is 1. The van der Waals surface area contributed by atoms with Gasteiger partial charge in [0.15, 0.2) is 0 Å². The highest BCUT2D eigenvalue weighted by Gasteiger charge is 2.06. The largest absolute Gasteiger partial charge is 0.354 e. The van der Waals surface area contributed by atoms with Crippen molar-refractivity contribution in [3.05, 3.63) is 36.0 Å². The maximum atomic E-state index is 11.7. The van der Waals surface area contributed by atoms with Gasteiger partial charge >= 0.3 is 0 Å². The van der Waals surface area contributed by atoms with Crippen LogP contribution in [-0.4, -0.2) is 17.0 Å². The standard InChI is InChI=1S/C14H12N4O/c15-5-1-6-17-14(19)10-18-7-4-12-8-11(9-16)2-3-13(12)18/h2-4,7-8H,1,6,10H2,(H,17,19). The summed E-state index contributed by atoms with van der Waals surface area (Å²) in [5.74, 6) is -0.128. The first-order valence-corrected chi connectivity index (χ1v) is 5.87. The summed E-state index contributed by atoms with van der Waals surface area (Å²) in [6.45, 7) is 0.577. The molecule has 2 rings (SSSR count). The number of carbonyl (C=O) groups excluding carboxylic acids is 1. The monoisotopic (exact) mass is 252 g/mol. The fourth-order valence-corrected chi connectivity index (χ4v) is 1.88. The molecule has 0 saturated carbocycles. The van der Waals surface area contributed by atoms with Crippen molar-refractivity contribution in [3.63, 3.8) is 0 Å². The molecule has 5 heteroatoms. The summed E-state index contributed by atoms with van der Waals surface area (Å²) in [6, 6.07) is 11.3. The predicted octanol–water partition coefficient (Wildman–Crippen LogP) is 1.54. The summed E-state index contributed by atoms with van der Waals surface area (Å²) in [4.78, 5) is 11.7. The van der Waals surface area contributed by atoms with Crippen molar-refractivity contribution in [1.82, 2.24) is 9.88 Å². The summed E-state index contributed by atoms with van der Waals surface area (Å²) < 4.78 is 1.82. The quantitative estimate of drug-likeness (QED) is 0.838. The number of hydrogen-bond acceptors (Lipinski definition) is 3. The number of aromatic nitrogens is 1. The van der Waals surface area contributed by atoms with Crippen molar-refractivity contribution in [2.24, 2.45) is 0 Å². The van der Waals surface area contributed by atoms with Crippen LogP contribution in [0.3, 0.4) is 0 Å². The van der Waals surface area contributed by atoms with Crippen LogP contribution in [0.1, 0.15) is 12.0 Å². The van der Waals surface area contributed by atoms with Crippen molar-refractivity contribution in [2.75, 3.05) is 6.54 Å². The number of carbonyl (C=O) groups is 1. The normalized spacial score (nSPS) is 9.79. The van der Waals surface area contributed by atoms with E-state index in [0.29, 0.717) is 18.5 Å². The average Bonchev–Trinajstić information content (AvgIpc) is 2.81. The van der Waals surface area contributed by atoms with E-state index in [1.807, 2.05) is 29.0 Å². The van der Waals surface area contributed by atoms with Gasteiger partial charge in [-0.15, -0.1) is 0 Å². The molecule has 0 saturated heterocycles. The number of fused-ring (bicyclic) bond motifs is 1. The lowest BCUT2D eigenvalue weighted by molar-refractivity contribution is -0.121. The second-order valence-corrected chi connectivity index (χ2v) is 4.09. The molecule has 1 aromatic carbocycles. The van der Waals surface area contributed by atoms with Crippen LogP contribution in [0, 0.1) is 22.7 Å². The Labute approximate surface area is 110 Å². The molecule has 1 aromatic heterocycles. The zero-order chi connectivity index (χ0) is 13.7. The smallest absolute Gasteiger partial charge is 0.239 e. The summed E-state index contributed by atoms with van der Waals surface area (Å²) in [7, 11) is 0. The van der Waals surface area contributed by atoms with Gasteiger partial charge in [-0.25, -0.2) is 0 Å². The molecular formula is C14H12N4O. The molecule has 0 fully saturated rings. The van der Waals surface area contributed by atoms with Gasteiger partial charge in [-0.2, -0.15) is 10.5 Å². The molecule has 0 atom stereocenters. The van der Waals surface area contributed by atoms with E-state index in [0.717, 1.165) is 10.9 Å². The highest BCUT2D eigenvalue weighted by molar-refractivity contribution is 5.84. The molecule has 1 heterocycles. The molecule has 2 aromatic rings. The minimum Gasteiger partial charge on any atom is -0.354 e. The highest BCUT2D eigenvalue weighted by Crippen LogP contribution is 2.17.